The monoisotopic (exact) mass is 444 g/mol. The van der Waals surface area contributed by atoms with Crippen LogP contribution in [0.5, 0.6) is 5.75 Å². The van der Waals surface area contributed by atoms with Gasteiger partial charge in [-0.1, -0.05) is 6.07 Å². The van der Waals surface area contributed by atoms with E-state index in [0.717, 1.165) is 68.7 Å². The molecule has 2 aliphatic rings. The van der Waals surface area contributed by atoms with Crippen LogP contribution >= 0.6 is 11.5 Å². The first-order chi connectivity index (χ1) is 15.0. The number of carbonyl (C=O) groups is 2. The van der Waals surface area contributed by atoms with E-state index in [2.05, 4.69) is 30.5 Å². The van der Waals surface area contributed by atoms with Crippen molar-refractivity contribution in [3.05, 3.63) is 24.3 Å². The Morgan fingerprint density at radius 3 is 2.52 bits per heavy atom. The van der Waals surface area contributed by atoms with Crippen LogP contribution in [0.4, 0.5) is 16.8 Å². The van der Waals surface area contributed by atoms with Crippen molar-refractivity contribution in [2.75, 3.05) is 61.5 Å². The summed E-state index contributed by atoms with van der Waals surface area (Å²) in [5, 5.41) is 3.40. The highest BCUT2D eigenvalue weighted by Gasteiger charge is 2.31. The SMILES string of the molecule is COc1cccc(N2CCN(C(=O)C3CCN(c4nc(NC(C)=O)ns4)CC3)CC2)c1. The van der Waals surface area contributed by atoms with Crippen molar-refractivity contribution in [1.29, 1.82) is 0 Å². The topological polar surface area (TPSA) is 90.9 Å². The summed E-state index contributed by atoms with van der Waals surface area (Å²) >= 11 is 1.28. The fourth-order valence-electron chi connectivity index (χ4n) is 4.12. The predicted octanol–water partition coefficient (Wildman–Crippen LogP) is 2.07. The van der Waals surface area contributed by atoms with Crippen LogP contribution in [0.1, 0.15) is 19.8 Å². The third kappa shape index (κ3) is 5.07. The van der Waals surface area contributed by atoms with Gasteiger partial charge < -0.3 is 19.4 Å². The number of anilines is 3. The van der Waals surface area contributed by atoms with Crippen LogP contribution in [0, 0.1) is 5.92 Å². The third-order valence-electron chi connectivity index (χ3n) is 5.83. The van der Waals surface area contributed by atoms with E-state index in [1.807, 2.05) is 23.1 Å². The van der Waals surface area contributed by atoms with E-state index < -0.39 is 0 Å². The maximum atomic E-state index is 13.1. The molecule has 1 N–H and O–H groups in total. The molecule has 2 aromatic rings. The standard InChI is InChI=1S/C21H28N6O3S/c1-15(28)22-20-23-21(31-24-20)27-8-6-16(7-9-27)19(29)26-12-10-25(11-13-26)17-4-3-5-18(14-17)30-2/h3-5,14,16H,6-13H2,1-2H3,(H,22,24,28). The predicted molar refractivity (Wildman–Crippen MR) is 121 cm³/mol. The van der Waals surface area contributed by atoms with Gasteiger partial charge in [0, 0.05) is 75.4 Å². The zero-order valence-electron chi connectivity index (χ0n) is 17.9. The van der Waals surface area contributed by atoms with Gasteiger partial charge in [0.1, 0.15) is 5.75 Å². The Bertz CT molecular complexity index is 919. The van der Waals surface area contributed by atoms with Gasteiger partial charge in [-0.05, 0) is 25.0 Å². The summed E-state index contributed by atoms with van der Waals surface area (Å²) in [6.45, 7) is 6.13. The number of nitrogens with one attached hydrogen (secondary N) is 1. The van der Waals surface area contributed by atoms with Gasteiger partial charge in [-0.15, -0.1) is 0 Å². The molecule has 166 valence electrons. The third-order valence-corrected chi connectivity index (χ3v) is 6.60. The second-order valence-electron chi connectivity index (χ2n) is 7.86. The Morgan fingerprint density at radius 2 is 1.84 bits per heavy atom. The zero-order valence-corrected chi connectivity index (χ0v) is 18.7. The van der Waals surface area contributed by atoms with Gasteiger partial charge in [0.2, 0.25) is 22.9 Å². The van der Waals surface area contributed by atoms with E-state index in [9.17, 15) is 9.59 Å². The van der Waals surface area contributed by atoms with Crippen molar-refractivity contribution in [3.8, 4) is 5.75 Å². The van der Waals surface area contributed by atoms with Crippen molar-refractivity contribution in [2.24, 2.45) is 5.92 Å². The Kier molecular flexibility index (Phi) is 6.55. The molecule has 1 aromatic carbocycles. The Labute approximate surface area is 186 Å². The minimum Gasteiger partial charge on any atom is -0.497 e. The molecule has 0 radical (unpaired) electrons. The highest BCUT2D eigenvalue weighted by Crippen LogP contribution is 2.28. The minimum atomic E-state index is -0.180. The van der Waals surface area contributed by atoms with Crippen LogP contribution in [0.2, 0.25) is 0 Å². The zero-order chi connectivity index (χ0) is 21.8. The van der Waals surface area contributed by atoms with E-state index in [1.54, 1.807) is 7.11 Å². The number of nitrogens with zero attached hydrogens (tertiary/aromatic N) is 5. The van der Waals surface area contributed by atoms with Crippen molar-refractivity contribution >= 4 is 40.1 Å². The molecule has 0 bridgehead atoms. The lowest BCUT2D eigenvalue weighted by Crippen LogP contribution is -2.51. The van der Waals surface area contributed by atoms with Crippen LogP contribution < -0.4 is 19.9 Å². The summed E-state index contributed by atoms with van der Waals surface area (Å²) in [5.41, 5.74) is 1.13. The first-order valence-corrected chi connectivity index (χ1v) is 11.3. The molecule has 0 unspecified atom stereocenters. The van der Waals surface area contributed by atoms with Crippen LogP contribution in [-0.4, -0.2) is 72.5 Å². The number of piperazine rings is 1. The van der Waals surface area contributed by atoms with E-state index >= 15 is 0 Å². The summed E-state index contributed by atoms with van der Waals surface area (Å²) in [7, 11) is 1.67. The maximum Gasteiger partial charge on any atom is 0.243 e. The first kappa shape index (κ1) is 21.4. The summed E-state index contributed by atoms with van der Waals surface area (Å²) in [5.74, 6) is 1.34. The molecule has 0 atom stereocenters. The Morgan fingerprint density at radius 1 is 1.10 bits per heavy atom. The van der Waals surface area contributed by atoms with Crippen LogP contribution in [0.25, 0.3) is 0 Å². The summed E-state index contributed by atoms with van der Waals surface area (Å²) in [4.78, 5) is 35.0. The average molecular weight is 445 g/mol. The number of piperidine rings is 1. The summed E-state index contributed by atoms with van der Waals surface area (Å²) in [6.07, 6.45) is 1.62. The molecular formula is C21H28N6O3S. The maximum absolute atomic E-state index is 13.1. The molecular weight excluding hydrogens is 416 g/mol. The number of hydrogen-bond acceptors (Lipinski definition) is 8. The first-order valence-electron chi connectivity index (χ1n) is 10.6. The van der Waals surface area contributed by atoms with Crippen molar-refractivity contribution in [1.82, 2.24) is 14.3 Å². The number of methoxy groups -OCH3 is 1. The van der Waals surface area contributed by atoms with Crippen molar-refractivity contribution in [3.63, 3.8) is 0 Å². The molecule has 0 aliphatic carbocycles. The number of aromatic nitrogens is 2. The van der Waals surface area contributed by atoms with Crippen LogP contribution in [0.15, 0.2) is 24.3 Å². The largest absolute Gasteiger partial charge is 0.497 e. The molecule has 9 nitrogen and oxygen atoms in total. The van der Waals surface area contributed by atoms with Gasteiger partial charge in [-0.2, -0.15) is 9.36 Å². The number of amides is 2. The number of carbonyl (C=O) groups excluding carboxylic acids is 2. The average Bonchev–Trinajstić information content (AvgIpc) is 3.26. The quantitative estimate of drug-likeness (QED) is 0.755. The highest BCUT2D eigenvalue weighted by molar-refractivity contribution is 7.09. The summed E-state index contributed by atoms with van der Waals surface area (Å²) < 4.78 is 9.49. The molecule has 3 heterocycles. The smallest absolute Gasteiger partial charge is 0.243 e. The second kappa shape index (κ2) is 9.51. The second-order valence-corrected chi connectivity index (χ2v) is 8.59. The number of ether oxygens (including phenoxy) is 1. The summed E-state index contributed by atoms with van der Waals surface area (Å²) in [6, 6.07) is 8.06. The molecule has 0 spiro atoms. The molecule has 0 saturated carbocycles. The lowest BCUT2D eigenvalue weighted by Gasteiger charge is -2.39. The molecule has 2 fully saturated rings. The van der Waals surface area contributed by atoms with Gasteiger partial charge in [-0.25, -0.2) is 0 Å². The number of benzene rings is 1. The molecule has 2 amide bonds. The van der Waals surface area contributed by atoms with Crippen molar-refractivity contribution in [2.45, 2.75) is 19.8 Å². The van der Waals surface area contributed by atoms with Crippen LogP contribution in [0.3, 0.4) is 0 Å². The molecule has 2 aliphatic heterocycles. The minimum absolute atomic E-state index is 0.0577. The fourth-order valence-corrected chi connectivity index (χ4v) is 4.80. The Hall–Kier alpha value is -2.88. The molecule has 31 heavy (non-hydrogen) atoms. The van der Waals surface area contributed by atoms with Gasteiger partial charge in [-0.3, -0.25) is 14.9 Å². The van der Waals surface area contributed by atoms with E-state index in [4.69, 9.17) is 4.74 Å². The van der Waals surface area contributed by atoms with E-state index in [-0.39, 0.29) is 17.7 Å². The molecule has 10 heteroatoms. The molecule has 1 aromatic heterocycles. The lowest BCUT2D eigenvalue weighted by atomic mass is 9.95. The molecule has 4 rings (SSSR count). The molecule has 2 saturated heterocycles. The highest BCUT2D eigenvalue weighted by atomic mass is 32.1. The fraction of sp³-hybridized carbons (Fsp3) is 0.524. The number of rotatable bonds is 5. The van der Waals surface area contributed by atoms with E-state index in [1.165, 1.54) is 18.5 Å². The van der Waals surface area contributed by atoms with E-state index in [0.29, 0.717) is 5.95 Å². The Balaban J connectivity index is 1.26. The number of hydrogen-bond donors (Lipinski definition) is 1. The van der Waals surface area contributed by atoms with Gasteiger partial charge in [0.25, 0.3) is 0 Å². The van der Waals surface area contributed by atoms with Gasteiger partial charge >= 0.3 is 0 Å². The van der Waals surface area contributed by atoms with Gasteiger partial charge in [0.15, 0.2) is 0 Å². The van der Waals surface area contributed by atoms with Crippen molar-refractivity contribution < 1.29 is 14.3 Å². The van der Waals surface area contributed by atoms with Crippen LogP contribution in [-0.2, 0) is 9.59 Å². The lowest BCUT2D eigenvalue weighted by molar-refractivity contribution is -0.136. The normalized spacial score (nSPS) is 17.5. The van der Waals surface area contributed by atoms with Gasteiger partial charge in [0.05, 0.1) is 7.11 Å².